The van der Waals surface area contributed by atoms with E-state index >= 15 is 0 Å². The molecule has 0 saturated carbocycles. The first-order chi connectivity index (χ1) is 10.7. The molecule has 1 amide bonds. The lowest BCUT2D eigenvalue weighted by atomic mass is 10.1. The number of nitrogens with one attached hydrogen (secondary N) is 1. The second-order valence-corrected chi connectivity index (χ2v) is 6.65. The second kappa shape index (κ2) is 8.43. The topological polar surface area (TPSA) is 45.2 Å². The van der Waals surface area contributed by atoms with Crippen molar-refractivity contribution in [2.24, 2.45) is 0 Å². The van der Waals surface area contributed by atoms with Crippen LogP contribution in [-0.4, -0.2) is 35.4 Å². The van der Waals surface area contributed by atoms with Gasteiger partial charge in [0.05, 0.1) is 12.2 Å². The van der Waals surface area contributed by atoms with Gasteiger partial charge in [0, 0.05) is 10.9 Å². The molecule has 124 valence electrons. The number of hydrogen-bond acceptors (Lipinski definition) is 4. The van der Waals surface area contributed by atoms with Gasteiger partial charge in [-0.3, -0.25) is 9.69 Å². The molecule has 1 aliphatic rings. The molecule has 0 spiro atoms. The molecule has 6 heteroatoms. The van der Waals surface area contributed by atoms with Gasteiger partial charge in [-0.25, -0.2) is 4.98 Å². The lowest BCUT2D eigenvalue weighted by Crippen LogP contribution is -2.36. The minimum absolute atomic E-state index is 0. The van der Waals surface area contributed by atoms with Gasteiger partial charge in [-0.2, -0.15) is 0 Å². The number of aryl methyl sites for hydroxylation is 1. The number of amides is 1. The Morgan fingerprint density at radius 1 is 1.22 bits per heavy atom. The molecule has 1 saturated heterocycles. The van der Waals surface area contributed by atoms with E-state index in [0.29, 0.717) is 11.7 Å². The Labute approximate surface area is 147 Å². The third kappa shape index (κ3) is 5.03. The van der Waals surface area contributed by atoms with Crippen LogP contribution in [0.1, 0.15) is 24.8 Å². The van der Waals surface area contributed by atoms with E-state index in [2.05, 4.69) is 46.4 Å². The fourth-order valence-corrected chi connectivity index (χ4v) is 3.40. The molecule has 2 heterocycles. The van der Waals surface area contributed by atoms with E-state index in [0.717, 1.165) is 24.3 Å². The largest absolute Gasteiger partial charge is 0.301 e. The van der Waals surface area contributed by atoms with E-state index in [4.69, 9.17) is 0 Å². The highest BCUT2D eigenvalue weighted by molar-refractivity contribution is 7.14. The average molecular weight is 352 g/mol. The van der Waals surface area contributed by atoms with E-state index < -0.39 is 0 Å². The number of hydrogen-bond donors (Lipinski definition) is 1. The van der Waals surface area contributed by atoms with Gasteiger partial charge in [-0.15, -0.1) is 23.7 Å². The molecule has 3 rings (SSSR count). The molecule has 1 aromatic carbocycles. The molecule has 0 radical (unpaired) electrons. The summed E-state index contributed by atoms with van der Waals surface area (Å²) in [5.74, 6) is 0.0340. The standard InChI is InChI=1S/C17H21N3OS.ClH/c1-13-5-7-14(8-6-13)15-12-22-17(18-15)19-16(21)11-20-9-3-2-4-10-20;/h5-8,12H,2-4,9-11H2,1H3,(H,18,19,21);1H. The summed E-state index contributed by atoms with van der Waals surface area (Å²) in [6.45, 7) is 4.59. The Kier molecular flexibility index (Phi) is 6.57. The first-order valence-electron chi connectivity index (χ1n) is 7.75. The highest BCUT2D eigenvalue weighted by atomic mass is 35.5. The van der Waals surface area contributed by atoms with Crippen LogP contribution in [0, 0.1) is 6.92 Å². The number of anilines is 1. The van der Waals surface area contributed by atoms with Crippen molar-refractivity contribution < 1.29 is 4.79 Å². The maximum atomic E-state index is 12.1. The van der Waals surface area contributed by atoms with Crippen LogP contribution in [-0.2, 0) is 4.79 Å². The van der Waals surface area contributed by atoms with Gasteiger partial charge in [0.2, 0.25) is 5.91 Å². The van der Waals surface area contributed by atoms with E-state index in [-0.39, 0.29) is 18.3 Å². The molecule has 1 N–H and O–H groups in total. The molecule has 4 nitrogen and oxygen atoms in total. The zero-order valence-electron chi connectivity index (χ0n) is 13.2. The zero-order valence-corrected chi connectivity index (χ0v) is 14.9. The minimum Gasteiger partial charge on any atom is -0.301 e. The Morgan fingerprint density at radius 2 is 1.91 bits per heavy atom. The van der Waals surface area contributed by atoms with E-state index in [9.17, 15) is 4.79 Å². The van der Waals surface area contributed by atoms with Gasteiger partial charge < -0.3 is 5.32 Å². The number of nitrogens with zero attached hydrogens (tertiary/aromatic N) is 2. The normalized spacial score (nSPS) is 15.0. The second-order valence-electron chi connectivity index (χ2n) is 5.79. The third-order valence-electron chi connectivity index (χ3n) is 3.91. The van der Waals surface area contributed by atoms with Crippen LogP contribution in [0.2, 0.25) is 0 Å². The van der Waals surface area contributed by atoms with Crippen molar-refractivity contribution in [3.63, 3.8) is 0 Å². The average Bonchev–Trinajstić information content (AvgIpc) is 2.97. The fourth-order valence-electron chi connectivity index (χ4n) is 2.67. The molecular formula is C17H22ClN3OS. The molecule has 1 aliphatic heterocycles. The summed E-state index contributed by atoms with van der Waals surface area (Å²) in [5.41, 5.74) is 3.23. The van der Waals surface area contributed by atoms with Gasteiger partial charge >= 0.3 is 0 Å². The Hall–Kier alpha value is -1.43. The SMILES string of the molecule is Cc1ccc(-c2csc(NC(=O)CN3CCCCC3)n2)cc1.Cl. The van der Waals surface area contributed by atoms with Crippen LogP contribution in [0.4, 0.5) is 5.13 Å². The van der Waals surface area contributed by atoms with Crippen LogP contribution in [0.3, 0.4) is 0 Å². The lowest BCUT2D eigenvalue weighted by molar-refractivity contribution is -0.117. The number of halogens is 1. The predicted molar refractivity (Wildman–Crippen MR) is 98.5 cm³/mol. The van der Waals surface area contributed by atoms with E-state index in [1.807, 2.05) is 5.38 Å². The smallest absolute Gasteiger partial charge is 0.240 e. The number of aromatic nitrogens is 1. The van der Waals surface area contributed by atoms with Gasteiger partial charge in [0.25, 0.3) is 0 Å². The van der Waals surface area contributed by atoms with E-state index in [1.165, 1.54) is 36.2 Å². The van der Waals surface area contributed by atoms with Crippen LogP contribution in [0.15, 0.2) is 29.6 Å². The number of benzene rings is 1. The van der Waals surface area contributed by atoms with Crippen molar-refractivity contribution in [1.82, 2.24) is 9.88 Å². The Morgan fingerprint density at radius 3 is 2.61 bits per heavy atom. The molecule has 0 bridgehead atoms. The van der Waals surface area contributed by atoms with Crippen LogP contribution in [0.25, 0.3) is 11.3 Å². The summed E-state index contributed by atoms with van der Waals surface area (Å²) >= 11 is 1.48. The number of carbonyl (C=O) groups excluding carboxylic acids is 1. The van der Waals surface area contributed by atoms with Crippen LogP contribution >= 0.6 is 23.7 Å². The van der Waals surface area contributed by atoms with Crippen LogP contribution < -0.4 is 5.32 Å². The number of carbonyl (C=O) groups is 1. The van der Waals surface area contributed by atoms with Crippen molar-refractivity contribution in [2.45, 2.75) is 26.2 Å². The van der Waals surface area contributed by atoms with Crippen molar-refractivity contribution in [3.8, 4) is 11.3 Å². The maximum absolute atomic E-state index is 12.1. The third-order valence-corrected chi connectivity index (χ3v) is 4.67. The first-order valence-corrected chi connectivity index (χ1v) is 8.63. The summed E-state index contributed by atoms with van der Waals surface area (Å²) in [7, 11) is 0. The molecule has 1 fully saturated rings. The summed E-state index contributed by atoms with van der Waals surface area (Å²) in [5, 5.41) is 5.58. The molecule has 2 aromatic rings. The monoisotopic (exact) mass is 351 g/mol. The molecule has 0 aliphatic carbocycles. The fraction of sp³-hybridized carbons (Fsp3) is 0.412. The van der Waals surface area contributed by atoms with Crippen molar-refractivity contribution in [1.29, 1.82) is 0 Å². The Bertz CT molecular complexity index is 636. The van der Waals surface area contributed by atoms with Gasteiger partial charge in [0.15, 0.2) is 5.13 Å². The zero-order chi connectivity index (χ0) is 15.4. The molecule has 0 unspecified atom stereocenters. The van der Waals surface area contributed by atoms with Gasteiger partial charge in [0.1, 0.15) is 0 Å². The van der Waals surface area contributed by atoms with Crippen molar-refractivity contribution in [2.75, 3.05) is 25.0 Å². The molecule has 23 heavy (non-hydrogen) atoms. The van der Waals surface area contributed by atoms with Gasteiger partial charge in [-0.1, -0.05) is 36.2 Å². The van der Waals surface area contributed by atoms with Crippen molar-refractivity contribution in [3.05, 3.63) is 35.2 Å². The number of rotatable bonds is 4. The highest BCUT2D eigenvalue weighted by Crippen LogP contribution is 2.25. The quantitative estimate of drug-likeness (QED) is 0.906. The number of likely N-dealkylation sites (tertiary alicyclic amines) is 1. The summed E-state index contributed by atoms with van der Waals surface area (Å²) in [6.07, 6.45) is 3.68. The van der Waals surface area contributed by atoms with E-state index in [1.54, 1.807) is 0 Å². The highest BCUT2D eigenvalue weighted by Gasteiger charge is 2.15. The number of piperidine rings is 1. The van der Waals surface area contributed by atoms with Crippen LogP contribution in [0.5, 0.6) is 0 Å². The molecule has 0 atom stereocenters. The van der Waals surface area contributed by atoms with Gasteiger partial charge in [-0.05, 0) is 32.9 Å². The maximum Gasteiger partial charge on any atom is 0.240 e. The Balaban J connectivity index is 0.00000192. The number of thiazole rings is 1. The summed E-state index contributed by atoms with van der Waals surface area (Å²) in [4.78, 5) is 18.8. The molecule has 1 aromatic heterocycles. The summed E-state index contributed by atoms with van der Waals surface area (Å²) < 4.78 is 0. The molecular weight excluding hydrogens is 330 g/mol. The predicted octanol–water partition coefficient (Wildman–Crippen LogP) is 3.96. The lowest BCUT2D eigenvalue weighted by Gasteiger charge is -2.25. The van der Waals surface area contributed by atoms with Crippen molar-refractivity contribution >= 4 is 34.8 Å². The summed E-state index contributed by atoms with van der Waals surface area (Å²) in [6, 6.07) is 8.26. The first kappa shape index (κ1) is 17.9. The minimum atomic E-state index is 0.